The highest BCUT2D eigenvalue weighted by molar-refractivity contribution is 6.28. The number of allylic oxidation sites excluding steroid dienone is 2. The number of benzene rings is 1. The van der Waals surface area contributed by atoms with Crippen molar-refractivity contribution in [2.75, 3.05) is 26.0 Å². The van der Waals surface area contributed by atoms with Gasteiger partial charge in [-0.1, -0.05) is 18.2 Å². The van der Waals surface area contributed by atoms with Crippen molar-refractivity contribution < 1.29 is 14.4 Å². The number of para-hydroxylation sites is 1. The quantitative estimate of drug-likeness (QED) is 0.628. The minimum atomic E-state index is -0.627. The Morgan fingerprint density at radius 2 is 1.50 bits per heavy atom. The first-order chi connectivity index (χ1) is 10.4. The molecule has 2 rings (SSSR count). The van der Waals surface area contributed by atoms with Crippen molar-refractivity contribution in [1.29, 1.82) is 0 Å². The number of hydrogen-bond donors (Lipinski definition) is 0. The molecule has 0 spiro atoms. The number of barbiturate groups is 1. The molecule has 6 heteroatoms. The van der Waals surface area contributed by atoms with Crippen LogP contribution in [0, 0.1) is 0 Å². The van der Waals surface area contributed by atoms with Crippen molar-refractivity contribution in [3.63, 3.8) is 0 Å². The molecule has 0 radical (unpaired) electrons. The summed E-state index contributed by atoms with van der Waals surface area (Å²) in [6.07, 6.45) is 4.76. The predicted octanol–water partition coefficient (Wildman–Crippen LogP) is 1.61. The van der Waals surface area contributed by atoms with Crippen molar-refractivity contribution in [3.05, 3.63) is 54.3 Å². The maximum atomic E-state index is 12.0. The van der Waals surface area contributed by atoms with E-state index in [0.717, 1.165) is 15.5 Å². The Morgan fingerprint density at radius 3 is 2.05 bits per heavy atom. The maximum absolute atomic E-state index is 12.0. The highest BCUT2D eigenvalue weighted by Gasteiger charge is 2.37. The lowest BCUT2D eigenvalue weighted by molar-refractivity contribution is -0.134. The van der Waals surface area contributed by atoms with Crippen LogP contribution in [0.15, 0.2) is 54.3 Å². The van der Waals surface area contributed by atoms with Gasteiger partial charge in [0.25, 0.3) is 11.8 Å². The fraction of sp³-hybridized carbons (Fsp3) is 0.188. The van der Waals surface area contributed by atoms with Crippen molar-refractivity contribution in [3.8, 4) is 0 Å². The molecule has 0 saturated carbocycles. The van der Waals surface area contributed by atoms with Gasteiger partial charge >= 0.3 is 6.03 Å². The second kappa shape index (κ2) is 6.26. The first-order valence-electron chi connectivity index (χ1n) is 6.70. The highest BCUT2D eigenvalue weighted by Crippen LogP contribution is 2.15. The molecule has 6 nitrogen and oxygen atoms in total. The Labute approximate surface area is 128 Å². The fourth-order valence-electron chi connectivity index (χ4n) is 2.01. The summed E-state index contributed by atoms with van der Waals surface area (Å²) in [6.45, 7) is 0. The number of amides is 4. The third kappa shape index (κ3) is 2.90. The summed E-state index contributed by atoms with van der Waals surface area (Å²) in [5, 5.41) is 0. The number of likely N-dealkylation sites (N-methyl/N-ethyl adjacent to an activating group) is 2. The third-order valence-electron chi connectivity index (χ3n) is 3.38. The van der Waals surface area contributed by atoms with Gasteiger partial charge in [-0.05, 0) is 24.3 Å². The van der Waals surface area contributed by atoms with E-state index in [1.807, 2.05) is 42.3 Å². The number of carbonyl (C=O) groups excluding carboxylic acids is 3. The minimum absolute atomic E-state index is 0.0395. The second-order valence-corrected chi connectivity index (χ2v) is 4.88. The number of hydrogen-bond acceptors (Lipinski definition) is 4. The van der Waals surface area contributed by atoms with Crippen LogP contribution in [0.25, 0.3) is 0 Å². The normalized spacial score (nSPS) is 15.8. The third-order valence-corrected chi connectivity index (χ3v) is 3.38. The molecule has 1 aliphatic rings. The molecule has 0 aliphatic carbocycles. The van der Waals surface area contributed by atoms with Crippen LogP contribution in [0.1, 0.15) is 0 Å². The van der Waals surface area contributed by atoms with Gasteiger partial charge in [0.15, 0.2) is 0 Å². The number of nitrogens with zero attached hydrogens (tertiary/aromatic N) is 3. The summed E-state index contributed by atoms with van der Waals surface area (Å²) >= 11 is 0. The Morgan fingerprint density at radius 1 is 0.955 bits per heavy atom. The van der Waals surface area contributed by atoms with E-state index < -0.39 is 17.8 Å². The molecule has 0 aromatic heterocycles. The van der Waals surface area contributed by atoms with Crippen molar-refractivity contribution >= 4 is 23.5 Å². The van der Waals surface area contributed by atoms with Crippen LogP contribution in [0.4, 0.5) is 10.5 Å². The Hall–Kier alpha value is -2.89. The van der Waals surface area contributed by atoms with Gasteiger partial charge in [-0.3, -0.25) is 19.4 Å². The summed E-state index contributed by atoms with van der Waals surface area (Å²) in [7, 11) is 4.55. The van der Waals surface area contributed by atoms with Crippen LogP contribution in [-0.2, 0) is 9.59 Å². The maximum Gasteiger partial charge on any atom is 0.333 e. The lowest BCUT2D eigenvalue weighted by Gasteiger charge is -2.28. The highest BCUT2D eigenvalue weighted by atomic mass is 16.2. The zero-order chi connectivity index (χ0) is 16.3. The molecule has 0 unspecified atom stereocenters. The zero-order valence-electron chi connectivity index (χ0n) is 12.7. The van der Waals surface area contributed by atoms with Crippen molar-refractivity contribution in [2.24, 2.45) is 0 Å². The van der Waals surface area contributed by atoms with Gasteiger partial charge in [0.1, 0.15) is 5.57 Å². The number of urea groups is 1. The Balaban J connectivity index is 2.18. The average molecular weight is 299 g/mol. The predicted molar refractivity (Wildman–Crippen MR) is 83.0 cm³/mol. The zero-order valence-corrected chi connectivity index (χ0v) is 12.7. The van der Waals surface area contributed by atoms with Crippen LogP contribution in [0.2, 0.25) is 0 Å². The topological polar surface area (TPSA) is 60.9 Å². The Kier molecular flexibility index (Phi) is 4.41. The Bertz CT molecular complexity index is 638. The SMILES string of the molecule is CN1C(=O)C(=C/C=C\N(C)c2ccccc2)C(=O)N(C)C1=O. The molecular weight excluding hydrogens is 282 g/mol. The summed E-state index contributed by atoms with van der Waals surface area (Å²) in [5.41, 5.74) is 0.935. The molecule has 0 N–H and O–H groups in total. The van der Waals surface area contributed by atoms with E-state index in [1.165, 1.54) is 20.2 Å². The fourth-order valence-corrected chi connectivity index (χ4v) is 2.01. The molecule has 22 heavy (non-hydrogen) atoms. The summed E-state index contributed by atoms with van der Waals surface area (Å²) in [4.78, 5) is 39.3. The van der Waals surface area contributed by atoms with Gasteiger partial charge in [-0.25, -0.2) is 4.79 Å². The summed E-state index contributed by atoms with van der Waals surface area (Å²) in [5.74, 6) is -1.19. The molecule has 1 aliphatic heterocycles. The van der Waals surface area contributed by atoms with E-state index >= 15 is 0 Å². The minimum Gasteiger partial charge on any atom is -0.351 e. The first kappa shape index (κ1) is 15.5. The van der Waals surface area contributed by atoms with Crippen LogP contribution in [0.5, 0.6) is 0 Å². The molecule has 4 amide bonds. The van der Waals surface area contributed by atoms with Crippen molar-refractivity contribution in [2.45, 2.75) is 0 Å². The van der Waals surface area contributed by atoms with Crippen LogP contribution < -0.4 is 4.90 Å². The monoisotopic (exact) mass is 299 g/mol. The largest absolute Gasteiger partial charge is 0.351 e. The van der Waals surface area contributed by atoms with Crippen molar-refractivity contribution in [1.82, 2.24) is 9.80 Å². The molecule has 1 aromatic rings. The molecule has 114 valence electrons. The molecule has 1 aromatic carbocycles. The van der Waals surface area contributed by atoms with Gasteiger partial charge in [-0.2, -0.15) is 0 Å². The van der Waals surface area contributed by atoms with Gasteiger partial charge in [0, 0.05) is 33.0 Å². The number of imide groups is 2. The molecule has 1 saturated heterocycles. The summed E-state index contributed by atoms with van der Waals surface area (Å²) < 4.78 is 0. The van der Waals surface area contributed by atoms with Gasteiger partial charge < -0.3 is 4.90 Å². The van der Waals surface area contributed by atoms with Gasteiger partial charge in [-0.15, -0.1) is 0 Å². The van der Waals surface area contributed by atoms with E-state index in [-0.39, 0.29) is 5.57 Å². The molecule has 0 bridgehead atoms. The van der Waals surface area contributed by atoms with E-state index in [1.54, 1.807) is 12.3 Å². The standard InChI is InChI=1S/C16H17N3O3/c1-17(12-8-5-4-6-9-12)11-7-10-13-14(20)18(2)16(22)19(3)15(13)21/h4-11H,1-3H3/b11-7-. The van der Waals surface area contributed by atoms with E-state index in [0.29, 0.717) is 0 Å². The lowest BCUT2D eigenvalue weighted by atomic mass is 10.1. The molecule has 1 fully saturated rings. The van der Waals surface area contributed by atoms with Crippen LogP contribution in [0.3, 0.4) is 0 Å². The number of carbonyl (C=O) groups is 3. The summed E-state index contributed by atoms with van der Waals surface area (Å²) in [6, 6.07) is 9.01. The number of rotatable bonds is 3. The van der Waals surface area contributed by atoms with Gasteiger partial charge in [0.2, 0.25) is 0 Å². The number of anilines is 1. The molecular formula is C16H17N3O3. The van der Waals surface area contributed by atoms with E-state index in [4.69, 9.17) is 0 Å². The molecule has 0 atom stereocenters. The van der Waals surface area contributed by atoms with E-state index in [2.05, 4.69) is 0 Å². The van der Waals surface area contributed by atoms with E-state index in [9.17, 15) is 14.4 Å². The van der Waals surface area contributed by atoms with Crippen LogP contribution in [-0.4, -0.2) is 48.8 Å². The first-order valence-corrected chi connectivity index (χ1v) is 6.70. The lowest BCUT2D eigenvalue weighted by Crippen LogP contribution is -2.52. The molecule has 1 heterocycles. The smallest absolute Gasteiger partial charge is 0.333 e. The second-order valence-electron chi connectivity index (χ2n) is 4.88. The average Bonchev–Trinajstić information content (AvgIpc) is 2.55. The van der Waals surface area contributed by atoms with Gasteiger partial charge in [0.05, 0.1) is 0 Å². The van der Waals surface area contributed by atoms with Crippen LogP contribution >= 0.6 is 0 Å².